The molecule has 100 valence electrons. The highest BCUT2D eigenvalue weighted by atomic mass is 16.6. The van der Waals surface area contributed by atoms with Crippen LogP contribution in [-0.4, -0.2) is 24.8 Å². The Morgan fingerprint density at radius 3 is 2.24 bits per heavy atom. The van der Waals surface area contributed by atoms with Crippen LogP contribution in [0.4, 0.5) is 0 Å². The Morgan fingerprint density at radius 2 is 1.76 bits per heavy atom. The number of carbonyl (C=O) groups excluding carboxylic acids is 1. The minimum Gasteiger partial charge on any atom is -0.463 e. The summed E-state index contributed by atoms with van der Waals surface area (Å²) < 4.78 is 11.2. The van der Waals surface area contributed by atoms with Gasteiger partial charge in [0.15, 0.2) is 0 Å². The highest BCUT2D eigenvalue weighted by Gasteiger charge is 2.40. The lowest BCUT2D eigenvalue weighted by Crippen LogP contribution is -2.48. The summed E-state index contributed by atoms with van der Waals surface area (Å²) in [5, 5.41) is 0. The molecule has 1 fully saturated rings. The van der Waals surface area contributed by atoms with Crippen LogP contribution >= 0.6 is 0 Å². The zero-order valence-corrected chi connectivity index (χ0v) is 11.9. The van der Waals surface area contributed by atoms with Crippen molar-refractivity contribution in [3.05, 3.63) is 0 Å². The van der Waals surface area contributed by atoms with Crippen molar-refractivity contribution in [2.75, 3.05) is 6.61 Å². The minimum atomic E-state index is -0.229. The van der Waals surface area contributed by atoms with Crippen LogP contribution in [0.25, 0.3) is 0 Å². The maximum Gasteiger partial charge on any atom is 0.302 e. The zero-order chi connectivity index (χ0) is 13.2. The smallest absolute Gasteiger partial charge is 0.302 e. The molecule has 1 heterocycles. The van der Waals surface area contributed by atoms with Crippen LogP contribution in [0.15, 0.2) is 0 Å². The monoisotopic (exact) mass is 242 g/mol. The number of ether oxygens (including phenoxy) is 2. The first-order valence-corrected chi connectivity index (χ1v) is 6.63. The third-order valence-corrected chi connectivity index (χ3v) is 4.20. The summed E-state index contributed by atoms with van der Waals surface area (Å²) >= 11 is 0. The van der Waals surface area contributed by atoms with Crippen molar-refractivity contribution in [2.24, 2.45) is 23.7 Å². The van der Waals surface area contributed by atoms with Gasteiger partial charge in [0.2, 0.25) is 0 Å². The zero-order valence-electron chi connectivity index (χ0n) is 11.9. The predicted molar refractivity (Wildman–Crippen MR) is 67.6 cm³/mol. The Labute approximate surface area is 105 Å². The molecular weight excluding hydrogens is 216 g/mol. The third kappa shape index (κ3) is 3.44. The average Bonchev–Trinajstić information content (AvgIpc) is 2.24. The van der Waals surface area contributed by atoms with E-state index >= 15 is 0 Å². The van der Waals surface area contributed by atoms with Gasteiger partial charge in [0.05, 0.1) is 12.2 Å². The van der Waals surface area contributed by atoms with E-state index in [4.69, 9.17) is 9.47 Å². The second-order valence-corrected chi connectivity index (χ2v) is 5.76. The Bertz CT molecular complexity index is 262. The SMILES string of the molecule is CC(=O)OCC1OC(C(C)C)C(C)C(C)C1C. The van der Waals surface area contributed by atoms with Crippen LogP contribution in [0, 0.1) is 23.7 Å². The lowest BCUT2D eigenvalue weighted by atomic mass is 9.74. The van der Waals surface area contributed by atoms with Gasteiger partial charge in [-0.2, -0.15) is 0 Å². The van der Waals surface area contributed by atoms with E-state index in [0.717, 1.165) is 0 Å². The largest absolute Gasteiger partial charge is 0.463 e. The van der Waals surface area contributed by atoms with Gasteiger partial charge in [-0.25, -0.2) is 0 Å². The van der Waals surface area contributed by atoms with Crippen LogP contribution in [-0.2, 0) is 14.3 Å². The number of carbonyl (C=O) groups is 1. The summed E-state index contributed by atoms with van der Waals surface area (Å²) in [6.07, 6.45) is 0.305. The van der Waals surface area contributed by atoms with Gasteiger partial charge >= 0.3 is 5.97 Å². The quantitative estimate of drug-likeness (QED) is 0.714. The maximum atomic E-state index is 10.9. The van der Waals surface area contributed by atoms with Crippen molar-refractivity contribution < 1.29 is 14.3 Å². The molecular formula is C14H26O3. The first-order chi connectivity index (χ1) is 7.84. The van der Waals surface area contributed by atoms with Crippen molar-refractivity contribution in [2.45, 2.75) is 53.8 Å². The molecule has 0 spiro atoms. The number of esters is 1. The molecule has 5 unspecified atom stereocenters. The molecule has 3 heteroatoms. The van der Waals surface area contributed by atoms with Crippen molar-refractivity contribution in [3.8, 4) is 0 Å². The molecule has 0 N–H and O–H groups in total. The minimum absolute atomic E-state index is 0.0394. The van der Waals surface area contributed by atoms with Crippen molar-refractivity contribution >= 4 is 5.97 Å². The standard InChI is InChI=1S/C14H26O3/c1-8(2)14-11(5)9(3)10(4)13(17-14)7-16-12(6)15/h8-11,13-14H,7H2,1-6H3. The summed E-state index contributed by atoms with van der Waals surface area (Å²) in [6.45, 7) is 12.9. The molecule has 17 heavy (non-hydrogen) atoms. The summed E-state index contributed by atoms with van der Waals surface area (Å²) in [6, 6.07) is 0. The van der Waals surface area contributed by atoms with Crippen molar-refractivity contribution in [3.63, 3.8) is 0 Å². The van der Waals surface area contributed by atoms with Crippen LogP contribution in [0.5, 0.6) is 0 Å². The second kappa shape index (κ2) is 5.85. The van der Waals surface area contributed by atoms with Gasteiger partial charge < -0.3 is 9.47 Å². The number of rotatable bonds is 3. The Balaban J connectivity index is 2.67. The summed E-state index contributed by atoms with van der Waals surface area (Å²) in [4.78, 5) is 10.9. The molecule has 0 aromatic heterocycles. The molecule has 0 aliphatic carbocycles. The highest BCUT2D eigenvalue weighted by Crippen LogP contribution is 2.37. The number of hydrogen-bond acceptors (Lipinski definition) is 3. The predicted octanol–water partition coefficient (Wildman–Crippen LogP) is 2.88. The molecule has 0 saturated carbocycles. The molecule has 0 radical (unpaired) electrons. The maximum absolute atomic E-state index is 10.9. The lowest BCUT2D eigenvalue weighted by Gasteiger charge is -2.45. The molecule has 1 rings (SSSR count). The fourth-order valence-electron chi connectivity index (χ4n) is 2.72. The van der Waals surface area contributed by atoms with Crippen LogP contribution in [0.3, 0.4) is 0 Å². The van der Waals surface area contributed by atoms with E-state index in [2.05, 4.69) is 34.6 Å². The van der Waals surface area contributed by atoms with Gasteiger partial charge in [-0.15, -0.1) is 0 Å². The van der Waals surface area contributed by atoms with Gasteiger partial charge in [0, 0.05) is 6.92 Å². The van der Waals surface area contributed by atoms with Gasteiger partial charge in [0.25, 0.3) is 0 Å². The molecule has 1 aliphatic heterocycles. The Hall–Kier alpha value is -0.570. The fraction of sp³-hybridized carbons (Fsp3) is 0.929. The van der Waals surface area contributed by atoms with Crippen molar-refractivity contribution in [1.29, 1.82) is 0 Å². The molecule has 3 nitrogen and oxygen atoms in total. The van der Waals surface area contributed by atoms with Gasteiger partial charge in [-0.3, -0.25) is 4.79 Å². The van der Waals surface area contributed by atoms with E-state index in [1.807, 2.05) is 0 Å². The van der Waals surface area contributed by atoms with Gasteiger partial charge in [-0.05, 0) is 23.7 Å². The second-order valence-electron chi connectivity index (χ2n) is 5.76. The van der Waals surface area contributed by atoms with E-state index in [1.54, 1.807) is 0 Å². The topological polar surface area (TPSA) is 35.5 Å². The summed E-state index contributed by atoms with van der Waals surface area (Å²) in [7, 11) is 0. The Morgan fingerprint density at radius 1 is 1.18 bits per heavy atom. The highest BCUT2D eigenvalue weighted by molar-refractivity contribution is 5.65. The van der Waals surface area contributed by atoms with E-state index in [-0.39, 0.29) is 18.2 Å². The molecule has 0 amide bonds. The van der Waals surface area contributed by atoms with Crippen LogP contribution < -0.4 is 0 Å². The molecule has 1 saturated heterocycles. The van der Waals surface area contributed by atoms with E-state index < -0.39 is 0 Å². The van der Waals surface area contributed by atoms with Crippen LogP contribution in [0.1, 0.15) is 41.5 Å². The van der Waals surface area contributed by atoms with Gasteiger partial charge in [-0.1, -0.05) is 34.6 Å². The summed E-state index contributed by atoms with van der Waals surface area (Å²) in [5.74, 6) is 1.85. The normalized spacial score (nSPS) is 38.2. The van der Waals surface area contributed by atoms with E-state index in [0.29, 0.717) is 30.3 Å². The molecule has 0 bridgehead atoms. The third-order valence-electron chi connectivity index (χ3n) is 4.20. The number of hydrogen-bond donors (Lipinski definition) is 0. The van der Waals surface area contributed by atoms with E-state index in [9.17, 15) is 4.79 Å². The van der Waals surface area contributed by atoms with Gasteiger partial charge in [0.1, 0.15) is 6.61 Å². The molecule has 5 atom stereocenters. The fourth-order valence-corrected chi connectivity index (χ4v) is 2.72. The Kier molecular flexibility index (Phi) is 4.99. The first kappa shape index (κ1) is 14.5. The van der Waals surface area contributed by atoms with Crippen LogP contribution in [0.2, 0.25) is 0 Å². The molecule has 1 aliphatic rings. The molecule has 0 aromatic rings. The first-order valence-electron chi connectivity index (χ1n) is 6.63. The van der Waals surface area contributed by atoms with Crippen molar-refractivity contribution in [1.82, 2.24) is 0 Å². The average molecular weight is 242 g/mol. The lowest BCUT2D eigenvalue weighted by molar-refractivity contribution is -0.176. The summed E-state index contributed by atoms with van der Waals surface area (Å²) in [5.41, 5.74) is 0. The van der Waals surface area contributed by atoms with E-state index in [1.165, 1.54) is 6.92 Å². The molecule has 0 aromatic carbocycles.